The van der Waals surface area contributed by atoms with Crippen LogP contribution in [0.2, 0.25) is 0 Å². The summed E-state index contributed by atoms with van der Waals surface area (Å²) in [5.41, 5.74) is 0.707. The SMILES string of the molecule is COc1cc(C2CCN(CCC(F)(F)F)CC2)ccc1Nc1nc2c3c(=O)c(c(=N)n2CC(C)(C)O)c3[nH]1. The highest BCUT2D eigenvalue weighted by molar-refractivity contribution is 5.63. The molecule has 1 aromatic rings. The van der Waals surface area contributed by atoms with Crippen LogP contribution >= 0.6 is 0 Å². The molecule has 3 aliphatic heterocycles. The molecule has 2 bridgehead atoms. The van der Waals surface area contributed by atoms with E-state index in [0.717, 1.165) is 18.4 Å². The van der Waals surface area contributed by atoms with Gasteiger partial charge in [-0.2, -0.15) is 18.2 Å². The lowest BCUT2D eigenvalue weighted by Crippen LogP contribution is -2.41. The molecule has 5 rings (SSSR count). The van der Waals surface area contributed by atoms with Gasteiger partial charge >= 0.3 is 6.18 Å². The number of benzene rings is 1. The smallest absolute Gasteiger partial charge is 0.390 e. The summed E-state index contributed by atoms with van der Waals surface area (Å²) in [5, 5.41) is 23.2. The van der Waals surface area contributed by atoms with Crippen molar-refractivity contribution in [3.05, 3.63) is 60.7 Å². The molecule has 3 heterocycles. The fourth-order valence-electron chi connectivity index (χ4n) is 5.29. The number of nitrogens with zero attached hydrogens (tertiary/aromatic N) is 3. The summed E-state index contributed by atoms with van der Waals surface area (Å²) in [4.78, 5) is 22.0. The molecule has 0 saturated carbocycles. The Bertz CT molecular complexity index is 1650. The van der Waals surface area contributed by atoms with Crippen LogP contribution in [-0.2, 0) is 6.54 Å². The Morgan fingerprint density at radius 3 is 2.58 bits per heavy atom. The number of hydrogen-bond acceptors (Lipinski definition) is 7. The fraction of sp³-hybridized carbons (Fsp3) is 0.500. The summed E-state index contributed by atoms with van der Waals surface area (Å²) in [5.74, 6) is 1.17. The fourth-order valence-corrected chi connectivity index (χ4v) is 5.29. The number of ether oxygens (including phenoxy) is 1. The van der Waals surface area contributed by atoms with Gasteiger partial charge in [0.2, 0.25) is 11.4 Å². The first-order valence-electron chi connectivity index (χ1n) is 12.6. The van der Waals surface area contributed by atoms with Crippen molar-refractivity contribution in [1.82, 2.24) is 19.4 Å². The third-order valence-corrected chi connectivity index (χ3v) is 7.20. The van der Waals surface area contributed by atoms with E-state index in [-0.39, 0.29) is 35.1 Å². The highest BCUT2D eigenvalue weighted by Crippen LogP contribution is 2.35. The molecule has 0 radical (unpaired) electrons. The van der Waals surface area contributed by atoms with Crippen LogP contribution < -0.4 is 21.0 Å². The lowest BCUT2D eigenvalue weighted by atomic mass is 9.89. The third kappa shape index (κ3) is 5.02. The van der Waals surface area contributed by atoms with Crippen molar-refractivity contribution >= 4 is 11.6 Å². The summed E-state index contributed by atoms with van der Waals surface area (Å²) in [7, 11) is 1.56. The molecule has 0 spiro atoms. The Kier molecular flexibility index (Phi) is 6.50. The van der Waals surface area contributed by atoms with E-state index in [0.29, 0.717) is 46.5 Å². The summed E-state index contributed by atoms with van der Waals surface area (Å²) in [6.45, 7) is 4.64. The number of aromatic amines is 1. The molecule has 4 aliphatic rings. The van der Waals surface area contributed by atoms with Crippen LogP contribution in [0.15, 0.2) is 23.0 Å². The molecule has 1 saturated heterocycles. The standard InChI is InChI=1S/C26H31F3N6O3/c1-25(2,37)13-35-22(30)18-20-19(21(18)36)23(35)33-24(32-20)31-16-5-4-15(12-17(16)38-3)14-6-9-34(10-7-14)11-8-26(27,28)29/h4-5,12,14,30,37H,6-11,13H2,1-3H3,(H2,31,32,33). The number of aliphatic hydroxyl groups is 1. The molecule has 9 nitrogen and oxygen atoms in total. The zero-order chi connectivity index (χ0) is 27.4. The topological polar surface area (TPSA) is 119 Å². The number of aromatic nitrogens is 3. The molecule has 1 aliphatic carbocycles. The van der Waals surface area contributed by atoms with Crippen LogP contribution in [0.25, 0.3) is 0 Å². The van der Waals surface area contributed by atoms with Crippen LogP contribution in [0, 0.1) is 26.7 Å². The minimum atomic E-state index is -4.14. The Morgan fingerprint density at radius 1 is 1.24 bits per heavy atom. The number of H-pyrrole nitrogens is 1. The van der Waals surface area contributed by atoms with Gasteiger partial charge in [-0.3, -0.25) is 10.2 Å². The largest absolute Gasteiger partial charge is 0.495 e. The van der Waals surface area contributed by atoms with E-state index in [1.807, 2.05) is 23.1 Å². The van der Waals surface area contributed by atoms with Crippen molar-refractivity contribution in [2.75, 3.05) is 32.1 Å². The van der Waals surface area contributed by atoms with Gasteiger partial charge < -0.3 is 29.6 Å². The van der Waals surface area contributed by atoms with Crippen molar-refractivity contribution in [2.45, 2.75) is 57.3 Å². The van der Waals surface area contributed by atoms with Gasteiger partial charge in [-0.1, -0.05) is 6.07 Å². The number of alkyl halides is 3. The van der Waals surface area contributed by atoms with Crippen LogP contribution in [0.5, 0.6) is 5.75 Å². The molecule has 12 heteroatoms. The number of halogens is 3. The summed E-state index contributed by atoms with van der Waals surface area (Å²) < 4.78 is 44.8. The molecule has 0 amide bonds. The highest BCUT2D eigenvalue weighted by atomic mass is 19.4. The molecule has 1 aromatic carbocycles. The number of hydrogen-bond donors (Lipinski definition) is 4. The predicted octanol–water partition coefficient (Wildman–Crippen LogP) is 3.03. The van der Waals surface area contributed by atoms with Crippen LogP contribution in [-0.4, -0.2) is 63.1 Å². The average Bonchev–Trinajstić information content (AvgIpc) is 2.84. The van der Waals surface area contributed by atoms with Crippen LogP contribution in [0.4, 0.5) is 24.8 Å². The second kappa shape index (κ2) is 9.42. The maximum atomic E-state index is 12.5. The first-order chi connectivity index (χ1) is 17.8. The van der Waals surface area contributed by atoms with Crippen molar-refractivity contribution in [1.29, 1.82) is 5.41 Å². The number of nitrogens with one attached hydrogen (secondary N) is 3. The molecule has 204 valence electrons. The first kappa shape index (κ1) is 26.2. The van der Waals surface area contributed by atoms with E-state index in [2.05, 4.69) is 15.3 Å². The molecule has 0 unspecified atom stereocenters. The van der Waals surface area contributed by atoms with E-state index in [1.165, 1.54) is 0 Å². The number of piperidine rings is 1. The molecule has 0 atom stereocenters. The van der Waals surface area contributed by atoms with Crippen molar-refractivity contribution in [3.63, 3.8) is 0 Å². The summed E-state index contributed by atoms with van der Waals surface area (Å²) >= 11 is 0. The lowest BCUT2D eigenvalue weighted by Gasteiger charge is -2.32. The maximum absolute atomic E-state index is 12.5. The van der Waals surface area contributed by atoms with E-state index in [9.17, 15) is 23.1 Å². The van der Waals surface area contributed by atoms with Crippen molar-refractivity contribution in [2.24, 2.45) is 0 Å². The second-order valence-corrected chi connectivity index (χ2v) is 10.7. The van der Waals surface area contributed by atoms with E-state index >= 15 is 0 Å². The maximum Gasteiger partial charge on any atom is 0.390 e. The molecular formula is C26H31F3N6O3. The minimum Gasteiger partial charge on any atom is -0.495 e. The molecule has 38 heavy (non-hydrogen) atoms. The van der Waals surface area contributed by atoms with Crippen LogP contribution in [0.3, 0.4) is 0 Å². The van der Waals surface area contributed by atoms with Crippen molar-refractivity contribution in [3.8, 4) is 5.75 Å². The second-order valence-electron chi connectivity index (χ2n) is 10.7. The van der Waals surface area contributed by atoms with Gasteiger partial charge in [-0.25, -0.2) is 0 Å². The van der Waals surface area contributed by atoms with Gasteiger partial charge in [0, 0.05) is 6.54 Å². The quantitative estimate of drug-likeness (QED) is 0.277. The lowest BCUT2D eigenvalue weighted by molar-refractivity contribution is -0.138. The number of likely N-dealkylation sites (tertiary alicyclic amines) is 1. The van der Waals surface area contributed by atoms with Gasteiger partial charge in [0.25, 0.3) is 0 Å². The average molecular weight is 533 g/mol. The Morgan fingerprint density at radius 2 is 1.95 bits per heavy atom. The van der Waals surface area contributed by atoms with Crippen LogP contribution in [0.1, 0.15) is 44.6 Å². The highest BCUT2D eigenvalue weighted by Gasteiger charge is 2.29. The Labute approximate surface area is 215 Å². The van der Waals surface area contributed by atoms with E-state index in [4.69, 9.17) is 10.1 Å². The molecule has 0 aromatic heterocycles. The van der Waals surface area contributed by atoms with Gasteiger partial charge in [-0.15, -0.1) is 0 Å². The molecule has 1 fully saturated rings. The predicted molar refractivity (Wildman–Crippen MR) is 133 cm³/mol. The van der Waals surface area contributed by atoms with E-state index in [1.54, 1.807) is 25.5 Å². The first-order valence-corrected chi connectivity index (χ1v) is 12.6. The monoisotopic (exact) mass is 532 g/mol. The number of rotatable bonds is 8. The number of anilines is 2. The summed E-state index contributed by atoms with van der Waals surface area (Å²) in [6.07, 6.45) is -3.38. The van der Waals surface area contributed by atoms with Gasteiger partial charge in [-0.05, 0) is 63.4 Å². The zero-order valence-corrected chi connectivity index (χ0v) is 21.5. The Hall–Kier alpha value is -3.38. The third-order valence-electron chi connectivity index (χ3n) is 7.20. The zero-order valence-electron chi connectivity index (χ0n) is 21.5. The van der Waals surface area contributed by atoms with Gasteiger partial charge in [0.1, 0.15) is 11.2 Å². The van der Waals surface area contributed by atoms with Crippen molar-refractivity contribution < 1.29 is 23.0 Å². The van der Waals surface area contributed by atoms with Gasteiger partial charge in [0.15, 0.2) is 5.48 Å². The minimum absolute atomic E-state index is 0.0128. The summed E-state index contributed by atoms with van der Waals surface area (Å²) in [6, 6.07) is 5.78. The van der Waals surface area contributed by atoms with Gasteiger partial charge in [0.05, 0.1) is 47.2 Å². The van der Waals surface area contributed by atoms with E-state index < -0.39 is 18.2 Å². The molecular weight excluding hydrogens is 501 g/mol. The molecule has 4 N–H and O–H groups in total. The number of fused-ring (bicyclic) bond motifs is 1. The number of methoxy groups -OCH3 is 1. The Balaban J connectivity index is 1.37. The normalized spacial score (nSPS) is 16.2.